The normalized spacial score (nSPS) is 13.3. The first kappa shape index (κ1) is 26.0. The van der Waals surface area contributed by atoms with Gasteiger partial charge in [-0.2, -0.15) is 0 Å². The second-order valence-electron chi connectivity index (χ2n) is 12.9. The second kappa shape index (κ2) is 9.78. The Balaban J connectivity index is 1.25. The third-order valence-electron chi connectivity index (χ3n) is 10.1. The van der Waals surface area contributed by atoms with Gasteiger partial charge in [0.25, 0.3) is 0 Å². The molecule has 1 aliphatic rings. The van der Waals surface area contributed by atoms with Crippen molar-refractivity contribution < 1.29 is 0 Å². The van der Waals surface area contributed by atoms with Crippen molar-refractivity contribution in [3.05, 3.63) is 169 Å². The van der Waals surface area contributed by atoms with Gasteiger partial charge in [-0.25, -0.2) is 0 Å². The van der Waals surface area contributed by atoms with Crippen molar-refractivity contribution in [2.24, 2.45) is 0 Å². The van der Waals surface area contributed by atoms with E-state index < -0.39 is 0 Å². The molecule has 0 amide bonds. The molecule has 0 bridgehead atoms. The molecule has 0 radical (unpaired) electrons. The highest BCUT2D eigenvalue weighted by molar-refractivity contribution is 6.18. The van der Waals surface area contributed by atoms with Crippen molar-refractivity contribution in [1.82, 2.24) is 0 Å². The average molecular weight is 573 g/mol. The molecule has 0 N–H and O–H groups in total. The summed E-state index contributed by atoms with van der Waals surface area (Å²) in [5.74, 6) is 0. The first-order valence-corrected chi connectivity index (χ1v) is 15.9. The van der Waals surface area contributed by atoms with Gasteiger partial charge in [-0.15, -0.1) is 0 Å². The molecule has 9 rings (SSSR count). The Kier molecular flexibility index (Phi) is 5.64. The third kappa shape index (κ3) is 3.92. The number of rotatable bonds is 3. The van der Waals surface area contributed by atoms with Crippen LogP contribution in [0.2, 0.25) is 0 Å². The molecule has 0 aromatic heterocycles. The Morgan fingerprint density at radius 3 is 1.67 bits per heavy atom. The fraction of sp³-hybridized carbons (Fsp3) is 0.0667. The van der Waals surface area contributed by atoms with E-state index >= 15 is 0 Å². The molecular formula is C45H32. The third-order valence-corrected chi connectivity index (χ3v) is 10.1. The van der Waals surface area contributed by atoms with Crippen LogP contribution in [0.3, 0.4) is 0 Å². The molecule has 0 saturated heterocycles. The minimum Gasteiger partial charge on any atom is -0.0622 e. The van der Waals surface area contributed by atoms with E-state index in [1.54, 1.807) is 0 Å². The van der Waals surface area contributed by atoms with Crippen LogP contribution >= 0.6 is 0 Å². The highest BCUT2D eigenvalue weighted by Crippen LogP contribution is 2.51. The van der Waals surface area contributed by atoms with Gasteiger partial charge < -0.3 is 0 Å². The van der Waals surface area contributed by atoms with E-state index in [-0.39, 0.29) is 5.41 Å². The highest BCUT2D eigenvalue weighted by atomic mass is 14.4. The highest BCUT2D eigenvalue weighted by Gasteiger charge is 2.36. The predicted octanol–water partition coefficient (Wildman–Crippen LogP) is 12.5. The predicted molar refractivity (Wildman–Crippen MR) is 193 cm³/mol. The van der Waals surface area contributed by atoms with Crippen LogP contribution in [0.25, 0.3) is 76.8 Å². The fourth-order valence-electron chi connectivity index (χ4n) is 7.80. The molecule has 8 aromatic rings. The van der Waals surface area contributed by atoms with Crippen LogP contribution < -0.4 is 0 Å². The van der Waals surface area contributed by atoms with E-state index in [1.807, 2.05) is 0 Å². The molecule has 212 valence electrons. The molecule has 0 saturated carbocycles. The van der Waals surface area contributed by atoms with Crippen molar-refractivity contribution in [3.63, 3.8) is 0 Å². The summed E-state index contributed by atoms with van der Waals surface area (Å²) in [4.78, 5) is 0. The van der Waals surface area contributed by atoms with Gasteiger partial charge in [0.15, 0.2) is 0 Å². The zero-order valence-corrected chi connectivity index (χ0v) is 25.5. The molecule has 45 heavy (non-hydrogen) atoms. The molecule has 0 heteroatoms. The van der Waals surface area contributed by atoms with Crippen LogP contribution in [0.4, 0.5) is 0 Å². The molecule has 8 aromatic carbocycles. The number of fused-ring (bicyclic) bond motifs is 7. The summed E-state index contributed by atoms with van der Waals surface area (Å²) in [6.07, 6.45) is 0. The maximum Gasteiger partial charge on any atom is 0.0159 e. The monoisotopic (exact) mass is 572 g/mol. The summed E-state index contributed by atoms with van der Waals surface area (Å²) >= 11 is 0. The van der Waals surface area contributed by atoms with Crippen LogP contribution in [0.1, 0.15) is 25.0 Å². The van der Waals surface area contributed by atoms with Crippen molar-refractivity contribution in [2.75, 3.05) is 0 Å². The molecule has 0 nitrogen and oxygen atoms in total. The van der Waals surface area contributed by atoms with Gasteiger partial charge in [0.1, 0.15) is 0 Å². The molecule has 0 aliphatic heterocycles. The van der Waals surface area contributed by atoms with Crippen LogP contribution in [-0.2, 0) is 5.41 Å². The SMILES string of the molecule is CC1(C)c2cc(-c3ccccc3)ccc2-c2ccc(-c3cccc4cccc(-c5cc6ccccc6c6ccccc56)c34)cc21. The maximum absolute atomic E-state index is 2.46. The van der Waals surface area contributed by atoms with E-state index in [9.17, 15) is 0 Å². The van der Waals surface area contributed by atoms with Gasteiger partial charge in [0.05, 0.1) is 0 Å². The lowest BCUT2D eigenvalue weighted by Gasteiger charge is -2.23. The van der Waals surface area contributed by atoms with E-state index in [2.05, 4.69) is 172 Å². The van der Waals surface area contributed by atoms with E-state index in [1.165, 1.54) is 88.0 Å². The first-order chi connectivity index (χ1) is 22.1. The maximum atomic E-state index is 2.46. The lowest BCUT2D eigenvalue weighted by Crippen LogP contribution is -2.15. The minimum atomic E-state index is -0.104. The van der Waals surface area contributed by atoms with Gasteiger partial charge in [-0.05, 0) is 106 Å². The van der Waals surface area contributed by atoms with E-state index in [0.717, 1.165) is 0 Å². The topological polar surface area (TPSA) is 0 Å². The Morgan fingerprint density at radius 1 is 0.333 bits per heavy atom. The van der Waals surface area contributed by atoms with Crippen molar-refractivity contribution in [2.45, 2.75) is 19.3 Å². The standard InChI is InChI=1S/C45H32/c1-45(2)42-27-31(29-12-4-3-5-13-29)22-24-38(42)39-25-23-33(28-43(39)45)35-20-10-15-30-16-11-21-40(44(30)35)41-26-32-14-6-7-17-34(32)36-18-8-9-19-37(36)41/h3-28H,1-2H3. The number of benzene rings is 8. The number of hydrogen-bond acceptors (Lipinski definition) is 0. The number of hydrogen-bond donors (Lipinski definition) is 0. The second-order valence-corrected chi connectivity index (χ2v) is 12.9. The average Bonchev–Trinajstić information content (AvgIpc) is 3.32. The lowest BCUT2D eigenvalue weighted by atomic mass is 9.80. The Bertz CT molecular complexity index is 2440. The largest absolute Gasteiger partial charge is 0.0622 e. The molecule has 1 aliphatic carbocycles. The summed E-state index contributed by atoms with van der Waals surface area (Å²) in [6.45, 7) is 4.76. The summed E-state index contributed by atoms with van der Waals surface area (Å²) in [5.41, 5.74) is 13.0. The van der Waals surface area contributed by atoms with Crippen molar-refractivity contribution in [3.8, 4) is 44.5 Å². The van der Waals surface area contributed by atoms with E-state index in [0.29, 0.717) is 0 Å². The van der Waals surface area contributed by atoms with Gasteiger partial charge in [-0.1, -0.05) is 153 Å². The Morgan fingerprint density at radius 2 is 0.911 bits per heavy atom. The Labute approximate surface area is 264 Å². The van der Waals surface area contributed by atoms with Crippen LogP contribution in [0.5, 0.6) is 0 Å². The van der Waals surface area contributed by atoms with Crippen LogP contribution in [0.15, 0.2) is 158 Å². The smallest absolute Gasteiger partial charge is 0.0159 e. The van der Waals surface area contributed by atoms with Gasteiger partial charge in [0.2, 0.25) is 0 Å². The summed E-state index contributed by atoms with van der Waals surface area (Å²) in [6, 6.07) is 58.4. The summed E-state index contributed by atoms with van der Waals surface area (Å²) < 4.78 is 0. The quantitative estimate of drug-likeness (QED) is 0.185. The van der Waals surface area contributed by atoms with Gasteiger partial charge in [-0.3, -0.25) is 0 Å². The molecule has 0 heterocycles. The first-order valence-electron chi connectivity index (χ1n) is 15.9. The van der Waals surface area contributed by atoms with Crippen molar-refractivity contribution in [1.29, 1.82) is 0 Å². The molecule has 0 unspecified atom stereocenters. The summed E-state index contributed by atoms with van der Waals surface area (Å²) in [7, 11) is 0. The van der Waals surface area contributed by atoms with Crippen LogP contribution in [0, 0.1) is 0 Å². The molecule has 0 spiro atoms. The van der Waals surface area contributed by atoms with E-state index in [4.69, 9.17) is 0 Å². The molecule has 0 fully saturated rings. The molecule has 0 atom stereocenters. The Hall–Kier alpha value is -5.46. The van der Waals surface area contributed by atoms with Crippen molar-refractivity contribution >= 4 is 32.3 Å². The lowest BCUT2D eigenvalue weighted by molar-refractivity contribution is 0.661. The minimum absolute atomic E-state index is 0.104. The van der Waals surface area contributed by atoms with Gasteiger partial charge >= 0.3 is 0 Å². The molecular weight excluding hydrogens is 540 g/mol. The summed E-state index contributed by atoms with van der Waals surface area (Å²) in [5, 5.41) is 7.73. The van der Waals surface area contributed by atoms with Crippen LogP contribution in [-0.4, -0.2) is 0 Å². The zero-order chi connectivity index (χ0) is 30.1. The fourth-order valence-corrected chi connectivity index (χ4v) is 7.80. The van der Waals surface area contributed by atoms with Gasteiger partial charge in [0, 0.05) is 5.41 Å². The zero-order valence-electron chi connectivity index (χ0n) is 25.5.